The molecule has 2 aromatic rings. The number of hydrogen-bond donors (Lipinski definition) is 2. The van der Waals surface area contributed by atoms with Crippen molar-refractivity contribution in [3.63, 3.8) is 0 Å². The Hall–Kier alpha value is -2.44. The summed E-state index contributed by atoms with van der Waals surface area (Å²) in [6.07, 6.45) is -0.213. The number of anilines is 2. The number of amides is 1. The van der Waals surface area contributed by atoms with Crippen molar-refractivity contribution >= 4 is 17.4 Å². The second-order valence-corrected chi connectivity index (χ2v) is 4.43. The summed E-state index contributed by atoms with van der Waals surface area (Å²) in [5.74, 6) is -1.53. The summed E-state index contributed by atoms with van der Waals surface area (Å²) in [6.45, 7) is 1.71. The zero-order valence-electron chi connectivity index (χ0n) is 11.1. The first-order valence-electron chi connectivity index (χ1n) is 5.91. The van der Waals surface area contributed by atoms with Crippen molar-refractivity contribution in [3.8, 4) is 0 Å². The monoisotopic (exact) mass is 280 g/mol. The highest BCUT2D eigenvalue weighted by molar-refractivity contribution is 5.94. The Morgan fingerprint density at radius 2 is 2.15 bits per heavy atom. The van der Waals surface area contributed by atoms with Crippen molar-refractivity contribution < 1.29 is 13.6 Å². The van der Waals surface area contributed by atoms with Crippen molar-refractivity contribution in [2.24, 2.45) is 7.05 Å². The number of nitrogens with two attached hydrogens (primary N) is 1. The number of nitrogen functional groups attached to an aromatic ring is 1. The fourth-order valence-corrected chi connectivity index (χ4v) is 1.84. The lowest BCUT2D eigenvalue weighted by atomic mass is 10.1. The van der Waals surface area contributed by atoms with Gasteiger partial charge in [-0.3, -0.25) is 9.48 Å². The van der Waals surface area contributed by atoms with Crippen molar-refractivity contribution in [2.75, 3.05) is 11.1 Å². The molecule has 20 heavy (non-hydrogen) atoms. The first-order valence-corrected chi connectivity index (χ1v) is 5.91. The molecule has 0 bridgehead atoms. The third-order valence-corrected chi connectivity index (χ3v) is 2.89. The van der Waals surface area contributed by atoms with Gasteiger partial charge >= 0.3 is 0 Å². The number of aromatic nitrogens is 2. The van der Waals surface area contributed by atoms with Crippen LogP contribution in [0.5, 0.6) is 0 Å². The first-order chi connectivity index (χ1) is 9.38. The Morgan fingerprint density at radius 1 is 1.45 bits per heavy atom. The van der Waals surface area contributed by atoms with Crippen LogP contribution >= 0.6 is 0 Å². The van der Waals surface area contributed by atoms with E-state index in [0.29, 0.717) is 17.2 Å². The quantitative estimate of drug-likeness (QED) is 0.900. The van der Waals surface area contributed by atoms with Gasteiger partial charge in [0.05, 0.1) is 17.8 Å². The lowest BCUT2D eigenvalue weighted by Gasteiger charge is -2.07. The van der Waals surface area contributed by atoms with E-state index < -0.39 is 17.5 Å². The summed E-state index contributed by atoms with van der Waals surface area (Å²) < 4.78 is 27.7. The van der Waals surface area contributed by atoms with Crippen molar-refractivity contribution in [3.05, 3.63) is 41.1 Å². The molecule has 1 aromatic carbocycles. The van der Waals surface area contributed by atoms with E-state index in [4.69, 9.17) is 5.73 Å². The zero-order chi connectivity index (χ0) is 14.9. The number of aryl methyl sites for hydroxylation is 2. The van der Waals surface area contributed by atoms with Gasteiger partial charge < -0.3 is 11.1 Å². The van der Waals surface area contributed by atoms with Crippen LogP contribution in [0.25, 0.3) is 0 Å². The van der Waals surface area contributed by atoms with Gasteiger partial charge in [-0.25, -0.2) is 8.78 Å². The van der Waals surface area contributed by atoms with Crippen LogP contribution < -0.4 is 11.1 Å². The van der Waals surface area contributed by atoms with E-state index in [2.05, 4.69) is 10.4 Å². The summed E-state index contributed by atoms with van der Waals surface area (Å²) in [7, 11) is 1.64. The number of halogens is 2. The van der Waals surface area contributed by atoms with Gasteiger partial charge in [0, 0.05) is 13.1 Å². The van der Waals surface area contributed by atoms with Crippen LogP contribution in [0.4, 0.5) is 20.3 Å². The topological polar surface area (TPSA) is 72.9 Å². The molecular formula is C13H14F2N4O. The number of rotatable bonds is 3. The van der Waals surface area contributed by atoms with E-state index in [9.17, 15) is 13.6 Å². The highest BCUT2D eigenvalue weighted by Crippen LogP contribution is 2.21. The standard InChI is InChI=1S/C13H14F2N4O/c1-7-12(16)13(19(2)18-7)17-11(20)5-8-3-4-9(14)6-10(8)15/h3-4,6H,5,16H2,1-2H3,(H,17,20). The number of carbonyl (C=O) groups excluding carboxylic acids is 1. The second-order valence-electron chi connectivity index (χ2n) is 4.43. The Balaban J connectivity index is 2.13. The summed E-state index contributed by atoms with van der Waals surface area (Å²) in [5.41, 5.74) is 6.84. The largest absolute Gasteiger partial charge is 0.394 e. The molecule has 0 spiro atoms. The number of hydrogen-bond acceptors (Lipinski definition) is 3. The molecule has 1 heterocycles. The summed E-state index contributed by atoms with van der Waals surface area (Å²) in [5, 5.41) is 6.62. The normalized spacial score (nSPS) is 10.6. The van der Waals surface area contributed by atoms with Crippen molar-refractivity contribution in [1.29, 1.82) is 0 Å². The Labute approximate surface area is 114 Å². The molecule has 0 saturated carbocycles. The van der Waals surface area contributed by atoms with Crippen LogP contribution in [-0.2, 0) is 18.3 Å². The number of carbonyl (C=O) groups is 1. The van der Waals surface area contributed by atoms with E-state index in [1.165, 1.54) is 10.7 Å². The van der Waals surface area contributed by atoms with E-state index in [-0.39, 0.29) is 12.0 Å². The molecule has 106 valence electrons. The molecule has 0 aliphatic heterocycles. The van der Waals surface area contributed by atoms with Crippen LogP contribution in [0.1, 0.15) is 11.3 Å². The van der Waals surface area contributed by atoms with E-state index in [0.717, 1.165) is 12.1 Å². The van der Waals surface area contributed by atoms with Gasteiger partial charge in [-0.1, -0.05) is 6.07 Å². The number of benzene rings is 1. The van der Waals surface area contributed by atoms with Crippen LogP contribution in [0, 0.1) is 18.6 Å². The number of nitrogens with one attached hydrogen (secondary N) is 1. The molecule has 5 nitrogen and oxygen atoms in total. The average Bonchev–Trinajstić information content (AvgIpc) is 2.60. The molecule has 7 heteroatoms. The molecule has 3 N–H and O–H groups in total. The fraction of sp³-hybridized carbons (Fsp3) is 0.231. The lowest BCUT2D eigenvalue weighted by molar-refractivity contribution is -0.115. The SMILES string of the molecule is Cc1nn(C)c(NC(=O)Cc2ccc(F)cc2F)c1N. The Morgan fingerprint density at radius 3 is 2.70 bits per heavy atom. The van der Waals surface area contributed by atoms with Gasteiger partial charge in [0.2, 0.25) is 5.91 Å². The molecule has 2 rings (SSSR count). The van der Waals surface area contributed by atoms with Crippen LogP contribution in [0.2, 0.25) is 0 Å². The lowest BCUT2D eigenvalue weighted by Crippen LogP contribution is -2.18. The van der Waals surface area contributed by atoms with Gasteiger partial charge in [-0.05, 0) is 18.6 Å². The maximum absolute atomic E-state index is 13.5. The Bertz CT molecular complexity index is 667. The predicted octanol–water partition coefficient (Wildman–Crippen LogP) is 1.77. The summed E-state index contributed by atoms with van der Waals surface area (Å²) in [4.78, 5) is 11.9. The fourth-order valence-electron chi connectivity index (χ4n) is 1.84. The molecular weight excluding hydrogens is 266 g/mol. The molecule has 1 amide bonds. The van der Waals surface area contributed by atoms with Gasteiger partial charge in [-0.2, -0.15) is 5.10 Å². The number of nitrogens with zero attached hydrogens (tertiary/aromatic N) is 2. The van der Waals surface area contributed by atoms with Crippen LogP contribution in [0.3, 0.4) is 0 Å². The minimum absolute atomic E-state index is 0.112. The minimum Gasteiger partial charge on any atom is -0.394 e. The maximum Gasteiger partial charge on any atom is 0.230 e. The molecule has 0 atom stereocenters. The predicted molar refractivity (Wildman–Crippen MR) is 71.0 cm³/mol. The third kappa shape index (κ3) is 2.76. The molecule has 0 aliphatic rings. The highest BCUT2D eigenvalue weighted by Gasteiger charge is 2.14. The van der Waals surface area contributed by atoms with Crippen LogP contribution in [0.15, 0.2) is 18.2 Å². The molecule has 0 saturated heterocycles. The first kappa shape index (κ1) is 14.0. The highest BCUT2D eigenvalue weighted by atomic mass is 19.1. The van der Waals surface area contributed by atoms with Gasteiger partial charge in [0.1, 0.15) is 11.6 Å². The smallest absolute Gasteiger partial charge is 0.230 e. The molecule has 0 fully saturated rings. The molecule has 0 unspecified atom stereocenters. The second kappa shape index (κ2) is 5.28. The average molecular weight is 280 g/mol. The summed E-state index contributed by atoms with van der Waals surface area (Å²) in [6, 6.07) is 3.08. The van der Waals surface area contributed by atoms with Crippen molar-refractivity contribution in [1.82, 2.24) is 9.78 Å². The molecule has 0 radical (unpaired) electrons. The molecule has 1 aromatic heterocycles. The third-order valence-electron chi connectivity index (χ3n) is 2.89. The van der Waals surface area contributed by atoms with Crippen molar-refractivity contribution in [2.45, 2.75) is 13.3 Å². The van der Waals surface area contributed by atoms with Crippen LogP contribution in [-0.4, -0.2) is 15.7 Å². The minimum atomic E-state index is -0.755. The van der Waals surface area contributed by atoms with Gasteiger partial charge in [0.15, 0.2) is 5.82 Å². The zero-order valence-corrected chi connectivity index (χ0v) is 11.1. The van der Waals surface area contributed by atoms with E-state index in [1.807, 2.05) is 0 Å². The Kier molecular flexibility index (Phi) is 3.69. The van der Waals surface area contributed by atoms with E-state index >= 15 is 0 Å². The van der Waals surface area contributed by atoms with Gasteiger partial charge in [-0.15, -0.1) is 0 Å². The van der Waals surface area contributed by atoms with E-state index in [1.54, 1.807) is 14.0 Å². The maximum atomic E-state index is 13.5. The van der Waals surface area contributed by atoms with Gasteiger partial charge in [0.25, 0.3) is 0 Å². The molecule has 0 aliphatic carbocycles. The summed E-state index contributed by atoms with van der Waals surface area (Å²) >= 11 is 0.